The largest absolute Gasteiger partial charge is 0.494 e. The molecule has 0 bridgehead atoms. The molecule has 0 aliphatic rings. The first-order valence-electron chi connectivity index (χ1n) is 7.99. The van der Waals surface area contributed by atoms with Crippen molar-refractivity contribution >= 4 is 17.8 Å². The molecule has 2 rings (SSSR count). The van der Waals surface area contributed by atoms with Crippen molar-refractivity contribution in [1.29, 1.82) is 0 Å². The second-order valence-corrected chi connectivity index (χ2v) is 5.43. The van der Waals surface area contributed by atoms with Crippen LogP contribution in [0.5, 0.6) is 5.75 Å². The number of carboxylic acid groups (broad SMARTS) is 1. The summed E-state index contributed by atoms with van der Waals surface area (Å²) in [4.78, 5) is 22.9. The van der Waals surface area contributed by atoms with E-state index >= 15 is 0 Å². The fourth-order valence-electron chi connectivity index (χ4n) is 2.12. The maximum Gasteiger partial charge on any atom is 0.335 e. The van der Waals surface area contributed by atoms with E-state index in [1.165, 1.54) is 30.3 Å². The standard InChI is InChI=1S/C20H20O5/c21-13-1-2-14-25-18-10-3-15(4-11-18)5-12-19(22)16-6-8-17(9-7-16)20(23)24/h3-12,21H,1-2,13-14H2,(H,23,24)/b12-5+. The van der Waals surface area contributed by atoms with Gasteiger partial charge in [-0.1, -0.05) is 30.3 Å². The number of ether oxygens (including phenoxy) is 1. The average molecular weight is 340 g/mol. The highest BCUT2D eigenvalue weighted by molar-refractivity contribution is 6.07. The van der Waals surface area contributed by atoms with Crippen LogP contribution >= 0.6 is 0 Å². The van der Waals surface area contributed by atoms with Gasteiger partial charge >= 0.3 is 5.97 Å². The molecular formula is C20H20O5. The summed E-state index contributed by atoms with van der Waals surface area (Å²) in [6.07, 6.45) is 4.67. The highest BCUT2D eigenvalue weighted by Crippen LogP contribution is 2.14. The Morgan fingerprint density at radius 2 is 1.56 bits per heavy atom. The number of aliphatic hydroxyl groups is 1. The number of allylic oxidation sites excluding steroid dienone is 1. The second kappa shape index (κ2) is 9.39. The SMILES string of the molecule is O=C(O)c1ccc(C(=O)/C=C/c2ccc(OCCCCO)cc2)cc1. The number of ketones is 1. The molecule has 5 nitrogen and oxygen atoms in total. The molecule has 5 heteroatoms. The first-order valence-corrected chi connectivity index (χ1v) is 7.99. The maximum atomic E-state index is 12.1. The third-order valence-electron chi connectivity index (χ3n) is 3.54. The van der Waals surface area contributed by atoms with E-state index in [4.69, 9.17) is 14.9 Å². The minimum absolute atomic E-state index is 0.148. The number of hydrogen-bond donors (Lipinski definition) is 2. The Morgan fingerprint density at radius 3 is 2.16 bits per heavy atom. The van der Waals surface area contributed by atoms with Crippen molar-refractivity contribution in [2.75, 3.05) is 13.2 Å². The molecule has 0 saturated heterocycles. The third-order valence-corrected chi connectivity index (χ3v) is 3.54. The van der Waals surface area contributed by atoms with E-state index in [0.29, 0.717) is 12.2 Å². The smallest absolute Gasteiger partial charge is 0.335 e. The monoisotopic (exact) mass is 340 g/mol. The molecule has 0 spiro atoms. The molecule has 25 heavy (non-hydrogen) atoms. The van der Waals surface area contributed by atoms with Gasteiger partial charge in [-0.05, 0) is 48.7 Å². The van der Waals surface area contributed by atoms with Crippen molar-refractivity contribution in [3.05, 3.63) is 71.3 Å². The normalized spacial score (nSPS) is 10.8. The van der Waals surface area contributed by atoms with Gasteiger partial charge in [0.2, 0.25) is 0 Å². The zero-order valence-electron chi connectivity index (χ0n) is 13.7. The molecule has 0 aromatic heterocycles. The van der Waals surface area contributed by atoms with Crippen LogP contribution in [0, 0.1) is 0 Å². The van der Waals surface area contributed by atoms with Gasteiger partial charge in [-0.25, -0.2) is 4.79 Å². The van der Waals surface area contributed by atoms with Crippen LogP contribution in [0.4, 0.5) is 0 Å². The molecule has 0 atom stereocenters. The molecule has 0 unspecified atom stereocenters. The van der Waals surface area contributed by atoms with Crippen molar-refractivity contribution < 1.29 is 24.5 Å². The lowest BCUT2D eigenvalue weighted by Gasteiger charge is -2.05. The molecule has 2 aromatic carbocycles. The number of unbranched alkanes of at least 4 members (excludes halogenated alkanes) is 1. The first-order chi connectivity index (χ1) is 12.1. The molecule has 0 aliphatic carbocycles. The molecule has 0 saturated carbocycles. The van der Waals surface area contributed by atoms with Crippen LogP contribution in [0.1, 0.15) is 39.1 Å². The van der Waals surface area contributed by atoms with Crippen LogP contribution in [0.25, 0.3) is 6.08 Å². The summed E-state index contributed by atoms with van der Waals surface area (Å²) in [6, 6.07) is 13.2. The van der Waals surface area contributed by atoms with E-state index in [9.17, 15) is 9.59 Å². The molecule has 0 aliphatic heterocycles. The number of hydrogen-bond acceptors (Lipinski definition) is 4. The topological polar surface area (TPSA) is 83.8 Å². The van der Waals surface area contributed by atoms with Gasteiger partial charge in [0.05, 0.1) is 12.2 Å². The fraction of sp³-hybridized carbons (Fsp3) is 0.200. The second-order valence-electron chi connectivity index (χ2n) is 5.43. The van der Waals surface area contributed by atoms with Crippen LogP contribution in [0.2, 0.25) is 0 Å². The Kier molecular flexibility index (Phi) is 6.92. The number of carbonyl (C=O) groups excluding carboxylic acids is 1. The van der Waals surface area contributed by atoms with E-state index in [0.717, 1.165) is 24.2 Å². The first kappa shape index (κ1) is 18.4. The lowest BCUT2D eigenvalue weighted by atomic mass is 10.1. The highest BCUT2D eigenvalue weighted by Gasteiger charge is 2.05. The van der Waals surface area contributed by atoms with Crippen molar-refractivity contribution in [2.45, 2.75) is 12.8 Å². The molecule has 0 fully saturated rings. The van der Waals surface area contributed by atoms with Gasteiger partial charge < -0.3 is 14.9 Å². The summed E-state index contributed by atoms with van der Waals surface area (Å²) in [5, 5.41) is 17.6. The Bertz CT molecular complexity index is 730. The Hall–Kier alpha value is -2.92. The lowest BCUT2D eigenvalue weighted by Crippen LogP contribution is -1.99. The minimum atomic E-state index is -1.02. The summed E-state index contributed by atoms with van der Waals surface area (Å²) in [5.74, 6) is -0.472. The summed E-state index contributed by atoms with van der Waals surface area (Å²) >= 11 is 0. The van der Waals surface area contributed by atoms with Crippen LogP contribution < -0.4 is 4.74 Å². The van der Waals surface area contributed by atoms with Crippen molar-refractivity contribution in [3.8, 4) is 5.75 Å². The summed E-state index contributed by atoms with van der Waals surface area (Å²) in [7, 11) is 0. The van der Waals surface area contributed by atoms with E-state index in [1.54, 1.807) is 6.08 Å². The molecular weight excluding hydrogens is 320 g/mol. The number of rotatable bonds is 9. The predicted molar refractivity (Wildman–Crippen MR) is 95.0 cm³/mol. The molecule has 130 valence electrons. The quantitative estimate of drug-likeness (QED) is 0.415. The number of carboxylic acids is 1. The van der Waals surface area contributed by atoms with Crippen molar-refractivity contribution in [3.63, 3.8) is 0 Å². The third kappa shape index (κ3) is 5.90. The predicted octanol–water partition coefficient (Wildman–Crippen LogP) is 3.43. The summed E-state index contributed by atoms with van der Waals surface area (Å²) in [6.45, 7) is 0.723. The molecule has 0 amide bonds. The van der Waals surface area contributed by atoms with Crippen LogP contribution in [-0.4, -0.2) is 35.2 Å². The molecule has 2 aromatic rings. The van der Waals surface area contributed by atoms with Gasteiger partial charge in [-0.15, -0.1) is 0 Å². The van der Waals surface area contributed by atoms with Gasteiger partial charge in [0.1, 0.15) is 5.75 Å². The number of benzene rings is 2. The summed E-state index contributed by atoms with van der Waals surface area (Å²) in [5.41, 5.74) is 1.44. The van der Waals surface area contributed by atoms with Gasteiger partial charge in [-0.2, -0.15) is 0 Å². The molecule has 0 heterocycles. The van der Waals surface area contributed by atoms with Crippen molar-refractivity contribution in [1.82, 2.24) is 0 Å². The van der Waals surface area contributed by atoms with Crippen LogP contribution in [0.15, 0.2) is 54.6 Å². The Morgan fingerprint density at radius 1 is 0.920 bits per heavy atom. The van der Waals surface area contributed by atoms with Crippen LogP contribution in [-0.2, 0) is 0 Å². The van der Waals surface area contributed by atoms with Crippen molar-refractivity contribution in [2.24, 2.45) is 0 Å². The van der Waals surface area contributed by atoms with Gasteiger partial charge in [0.25, 0.3) is 0 Å². The Labute approximate surface area is 146 Å². The van der Waals surface area contributed by atoms with Gasteiger partial charge in [0, 0.05) is 12.2 Å². The summed E-state index contributed by atoms with van der Waals surface area (Å²) < 4.78 is 5.54. The number of aromatic carboxylic acids is 1. The number of carbonyl (C=O) groups is 2. The lowest BCUT2D eigenvalue weighted by molar-refractivity contribution is 0.0696. The average Bonchev–Trinajstić information content (AvgIpc) is 2.64. The number of aliphatic hydroxyl groups excluding tert-OH is 1. The van der Waals surface area contributed by atoms with Gasteiger partial charge in [-0.3, -0.25) is 4.79 Å². The molecule has 2 N–H and O–H groups in total. The molecule has 0 radical (unpaired) electrons. The van der Waals surface area contributed by atoms with E-state index in [1.807, 2.05) is 24.3 Å². The van der Waals surface area contributed by atoms with E-state index in [-0.39, 0.29) is 18.0 Å². The van der Waals surface area contributed by atoms with Crippen LogP contribution in [0.3, 0.4) is 0 Å². The van der Waals surface area contributed by atoms with E-state index < -0.39 is 5.97 Å². The zero-order chi connectivity index (χ0) is 18.1. The van der Waals surface area contributed by atoms with E-state index in [2.05, 4.69) is 0 Å². The van der Waals surface area contributed by atoms with Gasteiger partial charge in [0.15, 0.2) is 5.78 Å². The highest BCUT2D eigenvalue weighted by atomic mass is 16.5. The Balaban J connectivity index is 1.92. The maximum absolute atomic E-state index is 12.1. The zero-order valence-corrected chi connectivity index (χ0v) is 13.7. The minimum Gasteiger partial charge on any atom is -0.494 e. The fourth-order valence-corrected chi connectivity index (χ4v) is 2.12.